The van der Waals surface area contributed by atoms with Crippen molar-refractivity contribution in [2.45, 2.75) is 46.1 Å². The molecule has 1 aromatic carbocycles. The van der Waals surface area contributed by atoms with Crippen LogP contribution in [0.4, 0.5) is 16.2 Å². The quantitative estimate of drug-likeness (QED) is 0.357. The summed E-state index contributed by atoms with van der Waals surface area (Å²) in [7, 11) is 0. The molecule has 0 radical (unpaired) electrons. The van der Waals surface area contributed by atoms with Crippen molar-refractivity contribution in [1.82, 2.24) is 0 Å². The molecule has 0 atom stereocenters. The van der Waals surface area contributed by atoms with E-state index in [4.69, 9.17) is 9.47 Å². The van der Waals surface area contributed by atoms with Crippen LogP contribution in [-0.4, -0.2) is 22.1 Å². The molecule has 0 unspecified atom stereocenters. The Labute approximate surface area is 132 Å². The van der Waals surface area contributed by atoms with Gasteiger partial charge in [0, 0.05) is 11.6 Å². The number of hydrogen-bond donors (Lipinski definition) is 0. The molecule has 0 saturated carbocycles. The number of non-ortho nitro benzene ring substituents is 1. The molecule has 0 aliphatic carbocycles. The summed E-state index contributed by atoms with van der Waals surface area (Å²) in [6, 6.07) is 1.91. The van der Waals surface area contributed by atoms with Gasteiger partial charge in [-0.05, 0) is 19.3 Å². The van der Waals surface area contributed by atoms with Crippen LogP contribution in [0.3, 0.4) is 0 Å². The van der Waals surface area contributed by atoms with Crippen molar-refractivity contribution < 1.29 is 24.1 Å². The SMILES string of the molecule is CC(C)OC(=O)Oc1c([N+](=O)[O-])cc([N+](=O)[O-])cc1C(C)(C)C. The summed E-state index contributed by atoms with van der Waals surface area (Å²) in [4.78, 5) is 32.3. The largest absolute Gasteiger partial charge is 0.514 e. The van der Waals surface area contributed by atoms with E-state index in [1.165, 1.54) is 0 Å². The van der Waals surface area contributed by atoms with Gasteiger partial charge in [0.05, 0.1) is 22.0 Å². The molecule has 23 heavy (non-hydrogen) atoms. The molecule has 0 fully saturated rings. The van der Waals surface area contributed by atoms with E-state index in [1.807, 2.05) is 0 Å². The van der Waals surface area contributed by atoms with Gasteiger partial charge in [-0.3, -0.25) is 20.2 Å². The molecule has 0 heterocycles. The molecule has 1 rings (SSSR count). The maximum Gasteiger partial charge on any atom is 0.514 e. The van der Waals surface area contributed by atoms with E-state index in [1.54, 1.807) is 34.6 Å². The summed E-state index contributed by atoms with van der Waals surface area (Å²) in [6.07, 6.45) is -1.58. The number of hydrogen-bond acceptors (Lipinski definition) is 7. The summed E-state index contributed by atoms with van der Waals surface area (Å²) in [5.41, 5.74) is -1.68. The second-order valence-corrected chi connectivity index (χ2v) is 6.12. The molecule has 0 spiro atoms. The normalized spacial score (nSPS) is 11.2. The van der Waals surface area contributed by atoms with Crippen LogP contribution in [0.5, 0.6) is 5.75 Å². The molecular weight excluding hydrogens is 308 g/mol. The predicted molar refractivity (Wildman–Crippen MR) is 80.7 cm³/mol. The molecule has 0 amide bonds. The van der Waals surface area contributed by atoms with Crippen LogP contribution in [0.15, 0.2) is 12.1 Å². The fourth-order valence-electron chi connectivity index (χ4n) is 1.80. The lowest BCUT2D eigenvalue weighted by Crippen LogP contribution is -2.20. The number of rotatable bonds is 4. The van der Waals surface area contributed by atoms with Crippen LogP contribution in [0.25, 0.3) is 0 Å². The van der Waals surface area contributed by atoms with E-state index in [0.29, 0.717) is 0 Å². The summed E-state index contributed by atoms with van der Waals surface area (Å²) in [6.45, 7) is 8.26. The molecule has 0 N–H and O–H groups in total. The van der Waals surface area contributed by atoms with Gasteiger partial charge in [-0.25, -0.2) is 4.79 Å². The van der Waals surface area contributed by atoms with Crippen molar-refractivity contribution in [3.63, 3.8) is 0 Å². The molecule has 9 heteroatoms. The van der Waals surface area contributed by atoms with Gasteiger partial charge >= 0.3 is 11.8 Å². The van der Waals surface area contributed by atoms with Crippen molar-refractivity contribution in [3.05, 3.63) is 37.9 Å². The third kappa shape index (κ3) is 4.63. The van der Waals surface area contributed by atoms with Gasteiger partial charge in [0.2, 0.25) is 5.75 Å². The zero-order chi connectivity index (χ0) is 17.9. The maximum atomic E-state index is 11.7. The predicted octanol–water partition coefficient (Wildman–Crippen LogP) is 3.72. The maximum absolute atomic E-state index is 11.7. The molecule has 0 bridgehead atoms. The Morgan fingerprint density at radius 2 is 1.70 bits per heavy atom. The Balaban J connectivity index is 3.53. The zero-order valence-electron chi connectivity index (χ0n) is 13.5. The van der Waals surface area contributed by atoms with Crippen molar-refractivity contribution in [2.75, 3.05) is 0 Å². The highest BCUT2D eigenvalue weighted by atomic mass is 16.7. The van der Waals surface area contributed by atoms with Crippen molar-refractivity contribution in [1.29, 1.82) is 0 Å². The van der Waals surface area contributed by atoms with E-state index in [2.05, 4.69) is 0 Å². The molecule has 0 saturated heterocycles. The van der Waals surface area contributed by atoms with Gasteiger partial charge in [-0.15, -0.1) is 0 Å². The van der Waals surface area contributed by atoms with Crippen LogP contribution in [0, 0.1) is 20.2 Å². The van der Waals surface area contributed by atoms with Gasteiger partial charge in [-0.2, -0.15) is 0 Å². The third-order valence-electron chi connectivity index (χ3n) is 2.79. The molecule has 0 aliphatic rings. The summed E-state index contributed by atoms with van der Waals surface area (Å²) in [5.74, 6) is -0.348. The summed E-state index contributed by atoms with van der Waals surface area (Å²) < 4.78 is 9.80. The van der Waals surface area contributed by atoms with Crippen molar-refractivity contribution in [2.24, 2.45) is 0 Å². The van der Waals surface area contributed by atoms with Gasteiger partial charge in [0.15, 0.2) is 0 Å². The highest BCUT2D eigenvalue weighted by Crippen LogP contribution is 2.41. The highest BCUT2D eigenvalue weighted by Gasteiger charge is 2.33. The Morgan fingerprint density at radius 3 is 2.09 bits per heavy atom. The molecule has 0 aliphatic heterocycles. The van der Waals surface area contributed by atoms with E-state index in [9.17, 15) is 25.0 Å². The fourth-order valence-corrected chi connectivity index (χ4v) is 1.80. The average Bonchev–Trinajstić information content (AvgIpc) is 2.35. The lowest BCUT2D eigenvalue weighted by molar-refractivity contribution is -0.394. The smallest absolute Gasteiger partial charge is 0.431 e. The number of nitro groups is 2. The van der Waals surface area contributed by atoms with Crippen LogP contribution in [0.2, 0.25) is 0 Å². The highest BCUT2D eigenvalue weighted by molar-refractivity contribution is 5.70. The number of ether oxygens (including phenoxy) is 2. The van der Waals surface area contributed by atoms with Crippen LogP contribution in [0.1, 0.15) is 40.2 Å². The first kappa shape index (κ1) is 18.3. The van der Waals surface area contributed by atoms with Crippen LogP contribution >= 0.6 is 0 Å². The molecular formula is C14H18N2O7. The Morgan fingerprint density at radius 1 is 1.13 bits per heavy atom. The summed E-state index contributed by atoms with van der Waals surface area (Å²) in [5, 5.41) is 22.2. The van der Waals surface area contributed by atoms with Crippen LogP contribution in [-0.2, 0) is 10.2 Å². The first-order chi connectivity index (χ1) is 10.4. The van der Waals surface area contributed by atoms with E-state index < -0.39 is 38.9 Å². The minimum atomic E-state index is -1.11. The second-order valence-electron chi connectivity index (χ2n) is 6.12. The Kier molecular flexibility index (Phi) is 5.26. The van der Waals surface area contributed by atoms with Gasteiger partial charge < -0.3 is 9.47 Å². The fraction of sp³-hybridized carbons (Fsp3) is 0.500. The molecule has 0 aromatic heterocycles. The van der Waals surface area contributed by atoms with Gasteiger partial charge in [-0.1, -0.05) is 20.8 Å². The van der Waals surface area contributed by atoms with Gasteiger partial charge in [0.25, 0.3) is 5.69 Å². The average molecular weight is 326 g/mol. The monoisotopic (exact) mass is 326 g/mol. The minimum absolute atomic E-state index is 0.166. The lowest BCUT2D eigenvalue weighted by Gasteiger charge is -2.21. The summed E-state index contributed by atoms with van der Waals surface area (Å²) >= 11 is 0. The van der Waals surface area contributed by atoms with E-state index in [-0.39, 0.29) is 11.3 Å². The Bertz CT molecular complexity index is 647. The number of nitrogens with zero attached hydrogens (tertiary/aromatic N) is 2. The zero-order valence-corrected chi connectivity index (χ0v) is 13.5. The molecule has 9 nitrogen and oxygen atoms in total. The molecule has 126 valence electrons. The number of carbonyl (C=O) groups excluding carboxylic acids is 1. The third-order valence-corrected chi connectivity index (χ3v) is 2.79. The topological polar surface area (TPSA) is 122 Å². The molecule has 1 aromatic rings. The van der Waals surface area contributed by atoms with Gasteiger partial charge in [0.1, 0.15) is 0 Å². The lowest BCUT2D eigenvalue weighted by atomic mass is 9.85. The van der Waals surface area contributed by atoms with Crippen LogP contribution < -0.4 is 4.74 Å². The Hall–Kier alpha value is -2.71. The minimum Gasteiger partial charge on any atom is -0.431 e. The number of nitro benzene ring substituents is 2. The van der Waals surface area contributed by atoms with E-state index in [0.717, 1.165) is 12.1 Å². The first-order valence-electron chi connectivity index (χ1n) is 6.79. The number of benzene rings is 1. The second kappa shape index (κ2) is 6.59. The standard InChI is InChI=1S/C14H18N2O7/c1-8(2)22-13(17)23-12-10(14(3,4)5)6-9(15(18)19)7-11(12)16(20)21/h6-8H,1-5H3. The first-order valence-corrected chi connectivity index (χ1v) is 6.79. The van der Waals surface area contributed by atoms with E-state index >= 15 is 0 Å². The van der Waals surface area contributed by atoms with Crippen molar-refractivity contribution >= 4 is 17.5 Å². The number of carbonyl (C=O) groups is 1. The van der Waals surface area contributed by atoms with Crippen molar-refractivity contribution in [3.8, 4) is 5.75 Å².